The summed E-state index contributed by atoms with van der Waals surface area (Å²) >= 11 is 5.94. The van der Waals surface area contributed by atoms with Gasteiger partial charge in [-0.3, -0.25) is 4.79 Å². The number of halogens is 2. The molecule has 1 aromatic heterocycles. The number of amides is 1. The summed E-state index contributed by atoms with van der Waals surface area (Å²) in [5.41, 5.74) is 5.47. The van der Waals surface area contributed by atoms with Crippen LogP contribution in [0, 0.1) is 5.82 Å². The summed E-state index contributed by atoms with van der Waals surface area (Å²) in [7, 11) is -4.08. The Bertz CT molecular complexity index is 1360. The summed E-state index contributed by atoms with van der Waals surface area (Å²) < 4.78 is 46.2. The normalized spacial score (nSPS) is 18.0. The lowest BCUT2D eigenvalue weighted by Gasteiger charge is -2.24. The van der Waals surface area contributed by atoms with Gasteiger partial charge in [-0.2, -0.15) is 4.98 Å². The third-order valence-corrected chi connectivity index (χ3v) is 7.61. The molecule has 34 heavy (non-hydrogen) atoms. The molecule has 3 aromatic rings. The molecule has 0 unspecified atom stereocenters. The number of carbonyl (C=O) groups excluding carboxylic acids is 1. The van der Waals surface area contributed by atoms with Crippen molar-refractivity contribution in [2.24, 2.45) is 5.73 Å². The Morgan fingerprint density at radius 3 is 2.62 bits per heavy atom. The molecule has 3 N–H and O–H groups in total. The SMILES string of the molecule is CC(C)(CO)c1noc(-c2cc3c(cc2F)S(=O)(=O)C[C@H](N)C(=O)N3Cc2ccc(Cl)cc2)n1. The molecule has 12 heteroatoms. The maximum atomic E-state index is 15.1. The zero-order chi connectivity index (χ0) is 24.8. The molecular weight excluding hydrogens is 487 g/mol. The average Bonchev–Trinajstić information content (AvgIpc) is 3.27. The second-order valence-electron chi connectivity index (χ2n) is 8.70. The van der Waals surface area contributed by atoms with Gasteiger partial charge in [0.2, 0.25) is 5.91 Å². The fourth-order valence-electron chi connectivity index (χ4n) is 3.50. The number of carbonyl (C=O) groups is 1. The molecular formula is C22H22ClFN4O5S. The first-order chi connectivity index (χ1) is 15.9. The molecule has 0 saturated heterocycles. The molecule has 0 fully saturated rings. The quantitative estimate of drug-likeness (QED) is 0.535. The van der Waals surface area contributed by atoms with Gasteiger partial charge in [-0.15, -0.1) is 0 Å². The van der Waals surface area contributed by atoms with Crippen molar-refractivity contribution in [2.75, 3.05) is 17.3 Å². The van der Waals surface area contributed by atoms with E-state index in [9.17, 15) is 18.3 Å². The van der Waals surface area contributed by atoms with Crippen LogP contribution in [-0.2, 0) is 26.6 Å². The van der Waals surface area contributed by atoms with Gasteiger partial charge >= 0.3 is 0 Å². The minimum atomic E-state index is -4.08. The van der Waals surface area contributed by atoms with E-state index in [1.807, 2.05) is 0 Å². The third kappa shape index (κ3) is 4.43. The Labute approximate surface area is 200 Å². The highest BCUT2D eigenvalue weighted by Gasteiger charge is 2.38. The first kappa shape index (κ1) is 24.3. The molecule has 2 heterocycles. The minimum Gasteiger partial charge on any atom is -0.395 e. The Morgan fingerprint density at radius 1 is 1.29 bits per heavy atom. The molecule has 4 rings (SSSR count). The number of rotatable bonds is 5. The van der Waals surface area contributed by atoms with Gasteiger partial charge in [0.15, 0.2) is 15.7 Å². The van der Waals surface area contributed by atoms with E-state index in [1.54, 1.807) is 38.1 Å². The highest BCUT2D eigenvalue weighted by atomic mass is 35.5. The monoisotopic (exact) mass is 508 g/mol. The van der Waals surface area contributed by atoms with Crippen molar-refractivity contribution in [3.05, 3.63) is 58.6 Å². The van der Waals surface area contributed by atoms with Gasteiger partial charge in [-0.1, -0.05) is 42.7 Å². The van der Waals surface area contributed by atoms with E-state index in [1.165, 1.54) is 11.0 Å². The van der Waals surface area contributed by atoms with Gasteiger partial charge < -0.3 is 20.3 Å². The summed E-state index contributed by atoms with van der Waals surface area (Å²) in [4.78, 5) is 18.1. The van der Waals surface area contributed by atoms with Gasteiger partial charge in [0.1, 0.15) is 5.82 Å². The van der Waals surface area contributed by atoms with Crippen molar-refractivity contribution in [2.45, 2.75) is 36.7 Å². The third-order valence-electron chi connectivity index (χ3n) is 5.57. The lowest BCUT2D eigenvalue weighted by molar-refractivity contribution is -0.119. The van der Waals surface area contributed by atoms with Gasteiger partial charge in [0.25, 0.3) is 5.89 Å². The largest absolute Gasteiger partial charge is 0.395 e. The van der Waals surface area contributed by atoms with Crippen LogP contribution in [0.25, 0.3) is 11.5 Å². The number of anilines is 1. The number of fused-ring (bicyclic) bond motifs is 1. The molecule has 1 aliphatic rings. The molecule has 0 saturated carbocycles. The van der Waals surface area contributed by atoms with Crippen LogP contribution in [0.5, 0.6) is 0 Å². The molecule has 0 bridgehead atoms. The van der Waals surface area contributed by atoms with Crippen molar-refractivity contribution in [3.63, 3.8) is 0 Å². The molecule has 0 radical (unpaired) electrons. The Morgan fingerprint density at radius 2 is 1.97 bits per heavy atom. The van der Waals surface area contributed by atoms with E-state index in [0.717, 1.165) is 6.07 Å². The number of aliphatic hydroxyl groups is 1. The lowest BCUT2D eigenvalue weighted by atomic mass is 9.94. The number of nitrogens with two attached hydrogens (primary N) is 1. The number of hydrogen-bond acceptors (Lipinski definition) is 8. The number of aromatic nitrogens is 2. The first-order valence-corrected chi connectivity index (χ1v) is 12.3. The fourth-order valence-corrected chi connectivity index (χ4v) is 5.19. The van der Waals surface area contributed by atoms with Crippen molar-refractivity contribution >= 4 is 33.0 Å². The van der Waals surface area contributed by atoms with Crippen molar-refractivity contribution in [1.29, 1.82) is 0 Å². The highest BCUT2D eigenvalue weighted by Crippen LogP contribution is 2.37. The second kappa shape index (κ2) is 8.73. The number of nitrogens with zero attached hydrogens (tertiary/aromatic N) is 3. The zero-order valence-electron chi connectivity index (χ0n) is 18.3. The molecule has 9 nitrogen and oxygen atoms in total. The van der Waals surface area contributed by atoms with Crippen molar-refractivity contribution in [1.82, 2.24) is 10.1 Å². The maximum absolute atomic E-state index is 15.1. The minimum absolute atomic E-state index is 0.0239. The van der Waals surface area contributed by atoms with Crippen LogP contribution in [0.4, 0.5) is 10.1 Å². The van der Waals surface area contributed by atoms with Crippen LogP contribution in [-0.4, -0.2) is 48.0 Å². The van der Waals surface area contributed by atoms with Gasteiger partial charge in [-0.05, 0) is 29.8 Å². The highest BCUT2D eigenvalue weighted by molar-refractivity contribution is 7.91. The number of benzene rings is 2. The van der Waals surface area contributed by atoms with Crippen LogP contribution in [0.15, 0.2) is 45.8 Å². The van der Waals surface area contributed by atoms with E-state index >= 15 is 4.39 Å². The zero-order valence-corrected chi connectivity index (χ0v) is 19.9. The van der Waals surface area contributed by atoms with E-state index in [4.69, 9.17) is 21.9 Å². The van der Waals surface area contributed by atoms with Crippen LogP contribution in [0.1, 0.15) is 25.2 Å². The second-order valence-corrected chi connectivity index (χ2v) is 11.1. The fraction of sp³-hybridized carbons (Fsp3) is 0.318. The molecule has 0 spiro atoms. The average molecular weight is 509 g/mol. The predicted molar refractivity (Wildman–Crippen MR) is 122 cm³/mol. The molecule has 1 atom stereocenters. The van der Waals surface area contributed by atoms with Gasteiger partial charge in [0, 0.05) is 5.02 Å². The van der Waals surface area contributed by atoms with E-state index in [2.05, 4.69) is 10.1 Å². The topological polar surface area (TPSA) is 140 Å². The van der Waals surface area contributed by atoms with Gasteiger partial charge in [0.05, 0.1) is 46.5 Å². The lowest BCUT2D eigenvalue weighted by Crippen LogP contribution is -2.45. The summed E-state index contributed by atoms with van der Waals surface area (Å²) in [5, 5.41) is 13.9. The molecule has 1 aliphatic heterocycles. The van der Waals surface area contributed by atoms with Crippen molar-refractivity contribution in [3.8, 4) is 11.5 Å². The summed E-state index contributed by atoms with van der Waals surface area (Å²) in [6.45, 7) is 3.05. The number of aliphatic hydroxyl groups excluding tert-OH is 1. The maximum Gasteiger partial charge on any atom is 0.260 e. The van der Waals surface area contributed by atoms with E-state index < -0.39 is 38.8 Å². The van der Waals surface area contributed by atoms with E-state index in [0.29, 0.717) is 10.6 Å². The molecule has 2 aromatic carbocycles. The Hall–Kier alpha value is -2.86. The molecule has 1 amide bonds. The van der Waals surface area contributed by atoms with Crippen LogP contribution in [0.3, 0.4) is 0 Å². The smallest absolute Gasteiger partial charge is 0.260 e. The van der Waals surface area contributed by atoms with Crippen LogP contribution < -0.4 is 10.6 Å². The summed E-state index contributed by atoms with van der Waals surface area (Å²) in [6, 6.07) is 7.33. The Balaban J connectivity index is 1.88. The first-order valence-electron chi connectivity index (χ1n) is 10.3. The van der Waals surface area contributed by atoms with Gasteiger partial charge in [-0.25, -0.2) is 12.8 Å². The molecule has 180 valence electrons. The van der Waals surface area contributed by atoms with Crippen LogP contribution in [0.2, 0.25) is 5.02 Å². The number of hydrogen-bond donors (Lipinski definition) is 2. The summed E-state index contributed by atoms with van der Waals surface area (Å²) in [5.74, 6) is -2.30. The predicted octanol–water partition coefficient (Wildman–Crippen LogP) is 2.45. The standard InChI is InChI=1S/C22H22ClFN4O5S/c1-22(2,11-29)21-26-19(33-27-21)14-7-17-18(8-15(14)24)34(31,32)10-16(25)20(30)28(17)9-12-3-5-13(23)6-4-12/h3-8,16,29H,9-11,25H2,1-2H3/t16-/m0/s1. The summed E-state index contributed by atoms with van der Waals surface area (Å²) in [6.07, 6.45) is 0. The molecule has 0 aliphatic carbocycles. The van der Waals surface area contributed by atoms with E-state index in [-0.39, 0.29) is 41.0 Å². The van der Waals surface area contributed by atoms with Crippen LogP contribution >= 0.6 is 11.6 Å². The van der Waals surface area contributed by atoms with Crippen molar-refractivity contribution < 1.29 is 27.2 Å². The number of sulfone groups is 1. The Kier molecular flexibility index (Phi) is 6.23.